The highest BCUT2D eigenvalue weighted by Gasteiger charge is 1.96. The van der Waals surface area contributed by atoms with Gasteiger partial charge in [-0.05, 0) is 18.2 Å². The Morgan fingerprint density at radius 3 is 2.57 bits per heavy atom. The van der Waals surface area contributed by atoms with Crippen LogP contribution in [0.1, 0.15) is 12.5 Å². The predicted molar refractivity (Wildman–Crippen MR) is 61.7 cm³/mol. The Bertz CT molecular complexity index is 263. The maximum atomic E-state index is 6.01. The van der Waals surface area contributed by atoms with Crippen LogP contribution in [-0.4, -0.2) is 19.6 Å². The van der Waals surface area contributed by atoms with Gasteiger partial charge in [-0.15, -0.1) is 0 Å². The van der Waals surface area contributed by atoms with Crippen LogP contribution >= 0.6 is 11.6 Å². The quantitative estimate of drug-likeness (QED) is 0.706. The molecule has 0 aliphatic rings. The van der Waals surface area contributed by atoms with Crippen molar-refractivity contribution in [3.05, 3.63) is 34.9 Å². The van der Waals surface area contributed by atoms with Crippen LogP contribution in [0.3, 0.4) is 0 Å². The van der Waals surface area contributed by atoms with Crippen molar-refractivity contribution in [2.75, 3.05) is 19.6 Å². The van der Waals surface area contributed by atoms with Gasteiger partial charge in [0.2, 0.25) is 0 Å². The molecule has 14 heavy (non-hydrogen) atoms. The second kappa shape index (κ2) is 6.82. The maximum absolute atomic E-state index is 6.01. The van der Waals surface area contributed by atoms with Gasteiger partial charge in [-0.3, -0.25) is 0 Å². The first-order valence-corrected chi connectivity index (χ1v) is 5.37. The molecule has 0 aromatic heterocycles. The number of hydrogen-bond acceptors (Lipinski definition) is 2. The van der Waals surface area contributed by atoms with Crippen LogP contribution in [-0.2, 0) is 6.54 Å². The molecule has 0 aliphatic carbocycles. The third-order valence-corrected chi connectivity index (χ3v) is 2.37. The molecule has 0 fully saturated rings. The molecule has 0 unspecified atom stereocenters. The summed E-state index contributed by atoms with van der Waals surface area (Å²) in [5.74, 6) is 0. The molecule has 0 saturated heterocycles. The van der Waals surface area contributed by atoms with E-state index in [1.54, 1.807) is 0 Å². The van der Waals surface area contributed by atoms with Crippen molar-refractivity contribution >= 4 is 11.6 Å². The topological polar surface area (TPSA) is 24.1 Å². The minimum absolute atomic E-state index is 0.837. The van der Waals surface area contributed by atoms with Gasteiger partial charge in [-0.25, -0.2) is 0 Å². The van der Waals surface area contributed by atoms with Gasteiger partial charge in [0, 0.05) is 24.7 Å². The Balaban J connectivity index is 2.21. The lowest BCUT2D eigenvalue weighted by Crippen LogP contribution is -2.26. The molecule has 1 rings (SSSR count). The Morgan fingerprint density at radius 2 is 1.86 bits per heavy atom. The molecule has 0 amide bonds. The molecule has 0 spiro atoms. The average Bonchev–Trinajstić information content (AvgIpc) is 2.20. The maximum Gasteiger partial charge on any atom is 0.0450 e. The van der Waals surface area contributed by atoms with Crippen molar-refractivity contribution in [3.63, 3.8) is 0 Å². The first-order chi connectivity index (χ1) is 6.84. The number of likely N-dealkylation sites (N-methyl/N-ethyl adjacent to an activating group) is 1. The summed E-state index contributed by atoms with van der Waals surface area (Å²) in [5.41, 5.74) is 1.16. The molecule has 0 atom stereocenters. The standard InChI is InChI=1S/C11H17ClN2/c1-2-13-7-8-14-9-10-5-3-4-6-11(10)12/h3-6,13-14H,2,7-9H2,1H3. The fourth-order valence-corrected chi connectivity index (χ4v) is 1.42. The molecule has 2 nitrogen and oxygen atoms in total. The van der Waals surface area contributed by atoms with Gasteiger partial charge in [0.25, 0.3) is 0 Å². The Morgan fingerprint density at radius 1 is 1.14 bits per heavy atom. The molecule has 3 heteroatoms. The molecule has 0 aliphatic heterocycles. The lowest BCUT2D eigenvalue weighted by Gasteiger charge is -2.06. The molecule has 1 aromatic rings. The number of benzene rings is 1. The third-order valence-electron chi connectivity index (χ3n) is 2.00. The molecule has 1 aromatic carbocycles. The highest BCUT2D eigenvalue weighted by atomic mass is 35.5. The van der Waals surface area contributed by atoms with Crippen LogP contribution in [0.15, 0.2) is 24.3 Å². The van der Waals surface area contributed by atoms with Crippen molar-refractivity contribution in [1.29, 1.82) is 0 Å². The zero-order chi connectivity index (χ0) is 10.2. The lowest BCUT2D eigenvalue weighted by atomic mass is 10.2. The van der Waals surface area contributed by atoms with Gasteiger partial charge in [0.1, 0.15) is 0 Å². The fourth-order valence-electron chi connectivity index (χ4n) is 1.22. The summed E-state index contributed by atoms with van der Waals surface area (Å²) >= 11 is 6.01. The molecule has 0 radical (unpaired) electrons. The third kappa shape index (κ3) is 4.09. The van der Waals surface area contributed by atoms with E-state index in [-0.39, 0.29) is 0 Å². The van der Waals surface area contributed by atoms with E-state index in [0.29, 0.717) is 0 Å². The van der Waals surface area contributed by atoms with Crippen LogP contribution in [0.25, 0.3) is 0 Å². The van der Waals surface area contributed by atoms with Gasteiger partial charge in [-0.1, -0.05) is 36.7 Å². The summed E-state index contributed by atoms with van der Waals surface area (Å²) in [6, 6.07) is 7.92. The van der Waals surface area contributed by atoms with Gasteiger partial charge in [0.05, 0.1) is 0 Å². The van der Waals surface area contributed by atoms with E-state index in [4.69, 9.17) is 11.6 Å². The zero-order valence-electron chi connectivity index (χ0n) is 8.52. The van der Waals surface area contributed by atoms with Crippen molar-refractivity contribution in [2.45, 2.75) is 13.5 Å². The Hall–Kier alpha value is -0.570. The lowest BCUT2D eigenvalue weighted by molar-refractivity contribution is 0.625. The Labute approximate surface area is 90.7 Å². The van der Waals surface area contributed by atoms with Gasteiger partial charge < -0.3 is 10.6 Å². The monoisotopic (exact) mass is 212 g/mol. The smallest absolute Gasteiger partial charge is 0.0450 e. The van der Waals surface area contributed by atoms with Crippen molar-refractivity contribution in [1.82, 2.24) is 10.6 Å². The highest BCUT2D eigenvalue weighted by Crippen LogP contribution is 2.13. The molecule has 0 saturated carbocycles. The average molecular weight is 213 g/mol. The van der Waals surface area contributed by atoms with E-state index < -0.39 is 0 Å². The fraction of sp³-hybridized carbons (Fsp3) is 0.455. The minimum Gasteiger partial charge on any atom is -0.316 e. The van der Waals surface area contributed by atoms with E-state index in [1.165, 1.54) is 0 Å². The molecular weight excluding hydrogens is 196 g/mol. The van der Waals surface area contributed by atoms with E-state index in [0.717, 1.165) is 36.8 Å². The summed E-state index contributed by atoms with van der Waals surface area (Å²) in [7, 11) is 0. The number of hydrogen-bond donors (Lipinski definition) is 2. The highest BCUT2D eigenvalue weighted by molar-refractivity contribution is 6.31. The zero-order valence-corrected chi connectivity index (χ0v) is 9.27. The number of rotatable bonds is 6. The van der Waals surface area contributed by atoms with Crippen LogP contribution in [0, 0.1) is 0 Å². The second-order valence-corrected chi connectivity index (χ2v) is 3.53. The van der Waals surface area contributed by atoms with Gasteiger partial charge in [0.15, 0.2) is 0 Å². The first-order valence-electron chi connectivity index (χ1n) is 4.99. The van der Waals surface area contributed by atoms with E-state index >= 15 is 0 Å². The molecular formula is C11H17ClN2. The van der Waals surface area contributed by atoms with Crippen LogP contribution in [0.4, 0.5) is 0 Å². The van der Waals surface area contributed by atoms with Gasteiger partial charge >= 0.3 is 0 Å². The predicted octanol–water partition coefficient (Wildman–Crippen LogP) is 2.04. The van der Waals surface area contributed by atoms with Gasteiger partial charge in [-0.2, -0.15) is 0 Å². The SMILES string of the molecule is CCNCCNCc1ccccc1Cl. The number of nitrogens with one attached hydrogen (secondary N) is 2. The molecule has 0 bridgehead atoms. The summed E-state index contributed by atoms with van der Waals surface area (Å²) < 4.78 is 0. The summed E-state index contributed by atoms with van der Waals surface area (Å²) in [5, 5.41) is 7.42. The van der Waals surface area contributed by atoms with Crippen LogP contribution in [0.5, 0.6) is 0 Å². The summed E-state index contributed by atoms with van der Waals surface area (Å²) in [4.78, 5) is 0. The van der Waals surface area contributed by atoms with Crippen molar-refractivity contribution in [2.24, 2.45) is 0 Å². The second-order valence-electron chi connectivity index (χ2n) is 3.12. The van der Waals surface area contributed by atoms with E-state index in [9.17, 15) is 0 Å². The minimum atomic E-state index is 0.837. The van der Waals surface area contributed by atoms with Crippen molar-refractivity contribution in [3.8, 4) is 0 Å². The van der Waals surface area contributed by atoms with E-state index in [2.05, 4.69) is 17.6 Å². The van der Waals surface area contributed by atoms with E-state index in [1.807, 2.05) is 24.3 Å². The summed E-state index contributed by atoms with van der Waals surface area (Å²) in [6.45, 7) is 5.94. The largest absolute Gasteiger partial charge is 0.316 e. The molecule has 0 heterocycles. The summed E-state index contributed by atoms with van der Waals surface area (Å²) in [6.07, 6.45) is 0. The normalized spacial score (nSPS) is 10.4. The van der Waals surface area contributed by atoms with Crippen LogP contribution in [0.2, 0.25) is 5.02 Å². The molecule has 2 N–H and O–H groups in total. The Kier molecular flexibility index (Phi) is 5.60. The number of halogens is 1. The van der Waals surface area contributed by atoms with Crippen LogP contribution < -0.4 is 10.6 Å². The molecule has 78 valence electrons. The first kappa shape index (κ1) is 11.5. The van der Waals surface area contributed by atoms with Crippen molar-refractivity contribution < 1.29 is 0 Å².